The maximum Gasteiger partial charge on any atom is 0.276 e. The Balaban J connectivity index is 2.51. The van der Waals surface area contributed by atoms with Crippen LogP contribution in [0, 0.1) is 0 Å². The molecule has 0 saturated carbocycles. The van der Waals surface area contributed by atoms with Crippen LogP contribution in [0.2, 0.25) is 0 Å². The van der Waals surface area contributed by atoms with Gasteiger partial charge in [-0.2, -0.15) is 0 Å². The Kier molecular flexibility index (Phi) is 2.94. The summed E-state index contributed by atoms with van der Waals surface area (Å²) < 4.78 is 16.4. The first-order chi connectivity index (χ1) is 7.78. The van der Waals surface area contributed by atoms with E-state index in [2.05, 4.69) is 4.99 Å². The fourth-order valence-electron chi connectivity index (χ4n) is 1.89. The molecule has 0 amide bonds. The van der Waals surface area contributed by atoms with Gasteiger partial charge in [0.05, 0.1) is 12.3 Å². The van der Waals surface area contributed by atoms with Gasteiger partial charge in [-0.1, -0.05) is 18.2 Å². The number of ether oxygens (including phenoxy) is 3. The summed E-state index contributed by atoms with van der Waals surface area (Å²) in [5.41, 5.74) is 1.71. The minimum atomic E-state index is -0.993. The Bertz CT molecular complexity index is 410. The van der Waals surface area contributed by atoms with E-state index in [1.54, 1.807) is 14.2 Å². The summed E-state index contributed by atoms with van der Waals surface area (Å²) in [6.07, 6.45) is 0. The van der Waals surface area contributed by atoms with Gasteiger partial charge in [0.15, 0.2) is 0 Å². The van der Waals surface area contributed by atoms with Crippen LogP contribution in [0.4, 0.5) is 5.69 Å². The van der Waals surface area contributed by atoms with Crippen LogP contribution in [0.3, 0.4) is 0 Å². The second kappa shape index (κ2) is 4.23. The van der Waals surface area contributed by atoms with Crippen molar-refractivity contribution in [2.75, 3.05) is 20.8 Å². The second-order valence-electron chi connectivity index (χ2n) is 3.39. The maximum absolute atomic E-state index is 5.48. The zero-order valence-corrected chi connectivity index (χ0v) is 9.69. The number of fused-ring (bicyclic) bond motifs is 1. The highest BCUT2D eigenvalue weighted by Crippen LogP contribution is 2.41. The van der Waals surface area contributed by atoms with E-state index in [0.717, 1.165) is 11.3 Å². The number of nitrogens with zero attached hydrogens (tertiary/aromatic N) is 1. The van der Waals surface area contributed by atoms with Crippen LogP contribution in [0.5, 0.6) is 0 Å². The number of hydrogen-bond donors (Lipinski definition) is 0. The molecule has 0 N–H and O–H groups in total. The predicted molar refractivity (Wildman–Crippen MR) is 60.9 cm³/mol. The molecule has 1 heterocycles. The third kappa shape index (κ3) is 1.42. The zero-order valence-electron chi connectivity index (χ0n) is 9.69. The number of aliphatic imine (C=N–C) groups is 1. The minimum Gasteiger partial charge on any atom is -0.477 e. The quantitative estimate of drug-likeness (QED) is 0.735. The highest BCUT2D eigenvalue weighted by atomic mass is 16.7. The van der Waals surface area contributed by atoms with Gasteiger partial charge in [0.2, 0.25) is 0 Å². The van der Waals surface area contributed by atoms with Crippen LogP contribution in [0.15, 0.2) is 29.3 Å². The predicted octanol–water partition coefficient (Wildman–Crippen LogP) is 2.21. The fourth-order valence-corrected chi connectivity index (χ4v) is 1.89. The Morgan fingerprint density at radius 2 is 1.88 bits per heavy atom. The van der Waals surface area contributed by atoms with E-state index in [1.807, 2.05) is 31.2 Å². The first-order valence-electron chi connectivity index (χ1n) is 5.20. The van der Waals surface area contributed by atoms with Crippen LogP contribution in [0.1, 0.15) is 12.5 Å². The number of benzene rings is 1. The molecule has 0 aromatic heterocycles. The summed E-state index contributed by atoms with van der Waals surface area (Å²) in [6.45, 7) is 2.43. The van der Waals surface area contributed by atoms with Crippen molar-refractivity contribution in [2.24, 2.45) is 4.99 Å². The summed E-state index contributed by atoms with van der Waals surface area (Å²) in [5.74, 6) is -0.534. The second-order valence-corrected chi connectivity index (χ2v) is 3.39. The van der Waals surface area contributed by atoms with Crippen LogP contribution in [0.25, 0.3) is 0 Å². The summed E-state index contributed by atoms with van der Waals surface area (Å²) >= 11 is 0. The lowest BCUT2D eigenvalue weighted by Crippen LogP contribution is -2.38. The molecule has 0 bridgehead atoms. The smallest absolute Gasteiger partial charge is 0.276 e. The molecule has 4 heteroatoms. The molecular weight excluding hydrogens is 206 g/mol. The number of methoxy groups -OCH3 is 2. The van der Waals surface area contributed by atoms with Crippen molar-refractivity contribution in [3.63, 3.8) is 0 Å². The van der Waals surface area contributed by atoms with Crippen LogP contribution < -0.4 is 0 Å². The summed E-state index contributed by atoms with van der Waals surface area (Å²) in [6, 6.07) is 7.69. The molecule has 1 aromatic carbocycles. The van der Waals surface area contributed by atoms with Crippen molar-refractivity contribution in [1.29, 1.82) is 0 Å². The lowest BCUT2D eigenvalue weighted by atomic mass is 10.1. The third-order valence-electron chi connectivity index (χ3n) is 2.62. The van der Waals surface area contributed by atoms with E-state index in [9.17, 15) is 0 Å². The Morgan fingerprint density at radius 3 is 2.50 bits per heavy atom. The topological polar surface area (TPSA) is 40.0 Å². The fraction of sp³-hybridized carbons (Fsp3) is 0.417. The van der Waals surface area contributed by atoms with E-state index < -0.39 is 5.79 Å². The normalized spacial score (nSPS) is 16.8. The van der Waals surface area contributed by atoms with Gasteiger partial charge in [-0.15, -0.1) is 0 Å². The average Bonchev–Trinajstić information content (AvgIpc) is 2.64. The standard InChI is InChI=1S/C12H15NO3/c1-4-16-11-12(14-2,15-3)9-7-5-6-8-10(9)13-11/h5-8H,4H2,1-3H3. The molecule has 86 valence electrons. The van der Waals surface area contributed by atoms with Crippen molar-refractivity contribution in [1.82, 2.24) is 0 Å². The molecular formula is C12H15NO3. The lowest BCUT2D eigenvalue weighted by molar-refractivity contribution is -0.169. The van der Waals surface area contributed by atoms with Gasteiger partial charge >= 0.3 is 0 Å². The maximum atomic E-state index is 5.48. The number of para-hydroxylation sites is 1. The van der Waals surface area contributed by atoms with Crippen molar-refractivity contribution in [2.45, 2.75) is 12.7 Å². The Morgan fingerprint density at radius 1 is 1.19 bits per heavy atom. The molecule has 16 heavy (non-hydrogen) atoms. The average molecular weight is 221 g/mol. The molecule has 0 aliphatic carbocycles. The van der Waals surface area contributed by atoms with Gasteiger partial charge in [0, 0.05) is 19.8 Å². The summed E-state index contributed by atoms with van der Waals surface area (Å²) in [4.78, 5) is 4.38. The lowest BCUT2D eigenvalue weighted by Gasteiger charge is -2.27. The van der Waals surface area contributed by atoms with Crippen molar-refractivity contribution < 1.29 is 14.2 Å². The summed E-state index contributed by atoms with van der Waals surface area (Å²) in [7, 11) is 3.17. The molecule has 0 radical (unpaired) electrons. The van der Waals surface area contributed by atoms with Crippen molar-refractivity contribution >= 4 is 11.6 Å². The van der Waals surface area contributed by atoms with Gasteiger partial charge in [0.25, 0.3) is 11.7 Å². The van der Waals surface area contributed by atoms with Gasteiger partial charge in [0.1, 0.15) is 0 Å². The van der Waals surface area contributed by atoms with Gasteiger partial charge in [-0.3, -0.25) is 0 Å². The first kappa shape index (κ1) is 11.1. The SMILES string of the molecule is CCOC1=Nc2ccccc2C1(OC)OC. The zero-order chi connectivity index (χ0) is 11.6. The van der Waals surface area contributed by atoms with Crippen LogP contribution >= 0.6 is 0 Å². The van der Waals surface area contributed by atoms with Crippen LogP contribution in [-0.4, -0.2) is 26.7 Å². The van der Waals surface area contributed by atoms with E-state index in [0.29, 0.717) is 12.5 Å². The molecule has 0 atom stereocenters. The van der Waals surface area contributed by atoms with Gasteiger partial charge < -0.3 is 14.2 Å². The number of hydrogen-bond acceptors (Lipinski definition) is 4. The van der Waals surface area contributed by atoms with E-state index in [4.69, 9.17) is 14.2 Å². The molecule has 2 rings (SSSR count). The highest BCUT2D eigenvalue weighted by molar-refractivity contribution is 5.93. The van der Waals surface area contributed by atoms with Gasteiger partial charge in [-0.25, -0.2) is 4.99 Å². The Hall–Kier alpha value is -1.39. The van der Waals surface area contributed by atoms with Crippen molar-refractivity contribution in [3.8, 4) is 0 Å². The van der Waals surface area contributed by atoms with Crippen LogP contribution in [-0.2, 0) is 20.0 Å². The third-order valence-corrected chi connectivity index (χ3v) is 2.62. The molecule has 0 unspecified atom stereocenters. The minimum absolute atomic E-state index is 0.459. The largest absolute Gasteiger partial charge is 0.477 e. The van der Waals surface area contributed by atoms with Crippen molar-refractivity contribution in [3.05, 3.63) is 29.8 Å². The molecule has 1 aliphatic heterocycles. The molecule has 1 aromatic rings. The molecule has 1 aliphatic rings. The van der Waals surface area contributed by atoms with E-state index in [1.165, 1.54) is 0 Å². The molecule has 0 spiro atoms. The van der Waals surface area contributed by atoms with E-state index >= 15 is 0 Å². The van der Waals surface area contributed by atoms with Gasteiger partial charge in [-0.05, 0) is 13.0 Å². The highest BCUT2D eigenvalue weighted by Gasteiger charge is 2.46. The monoisotopic (exact) mass is 221 g/mol. The molecule has 0 saturated heterocycles. The first-order valence-corrected chi connectivity index (χ1v) is 5.20. The Labute approximate surface area is 94.9 Å². The molecule has 0 fully saturated rings. The number of rotatable bonds is 3. The molecule has 4 nitrogen and oxygen atoms in total. The summed E-state index contributed by atoms with van der Waals surface area (Å²) in [5, 5.41) is 0. The van der Waals surface area contributed by atoms with E-state index in [-0.39, 0.29) is 0 Å².